The summed E-state index contributed by atoms with van der Waals surface area (Å²) < 4.78 is 5.03. The molecule has 1 aromatic heterocycles. The van der Waals surface area contributed by atoms with Gasteiger partial charge in [0.25, 0.3) is 0 Å². The maximum absolute atomic E-state index is 11.7. The number of carboxylic acids is 1. The van der Waals surface area contributed by atoms with Gasteiger partial charge in [0.2, 0.25) is 0 Å². The molecule has 0 aliphatic rings. The molecule has 0 fully saturated rings. The number of anilines is 1. The van der Waals surface area contributed by atoms with Crippen molar-refractivity contribution >= 4 is 28.4 Å². The Hall–Kier alpha value is -1.56. The molecule has 0 saturated heterocycles. The Bertz CT molecular complexity index is 513. The molecule has 0 saturated carbocycles. The first-order valence-corrected chi connectivity index (χ1v) is 9.69. The molecule has 0 aliphatic carbocycles. The van der Waals surface area contributed by atoms with Crippen LogP contribution in [0, 0.1) is 0 Å². The van der Waals surface area contributed by atoms with E-state index in [-0.39, 0.29) is 5.56 Å². The van der Waals surface area contributed by atoms with Crippen molar-refractivity contribution in [3.05, 3.63) is 16.5 Å². The maximum atomic E-state index is 11.7. The average molecular weight is 356 g/mol. The number of carbonyl (C=O) groups excluding carboxylic acids is 1. The summed E-state index contributed by atoms with van der Waals surface area (Å²) in [5.74, 6) is -1.02. The Labute approximate surface area is 148 Å². The summed E-state index contributed by atoms with van der Waals surface area (Å²) in [5.41, 5.74) is 0.147. The number of nitrogens with one attached hydrogen (secondary N) is 1. The van der Waals surface area contributed by atoms with Crippen molar-refractivity contribution in [1.29, 1.82) is 0 Å². The van der Waals surface area contributed by atoms with E-state index in [1.54, 1.807) is 6.07 Å². The van der Waals surface area contributed by atoms with Gasteiger partial charge in [-0.15, -0.1) is 11.3 Å². The Morgan fingerprint density at radius 1 is 1.08 bits per heavy atom. The summed E-state index contributed by atoms with van der Waals surface area (Å²) in [5, 5.41) is 12.2. The minimum atomic E-state index is -1.02. The van der Waals surface area contributed by atoms with Crippen LogP contribution in [0.2, 0.25) is 0 Å². The Balaban J connectivity index is 2.51. The number of aromatic carboxylic acids is 1. The van der Waals surface area contributed by atoms with E-state index in [0.717, 1.165) is 37.0 Å². The molecule has 1 aromatic rings. The third-order valence-electron chi connectivity index (χ3n) is 3.74. The van der Waals surface area contributed by atoms with Crippen LogP contribution in [0.4, 0.5) is 9.80 Å². The predicted octanol–water partition coefficient (Wildman–Crippen LogP) is 5.70. The fraction of sp³-hybridized carbons (Fsp3) is 0.667. The largest absolute Gasteiger partial charge is 0.478 e. The highest BCUT2D eigenvalue weighted by atomic mass is 32.1. The molecule has 2 N–H and O–H groups in total. The summed E-state index contributed by atoms with van der Waals surface area (Å²) in [6.07, 6.45) is 9.20. The number of rotatable bonds is 12. The highest BCUT2D eigenvalue weighted by Crippen LogP contribution is 2.29. The van der Waals surface area contributed by atoms with Crippen molar-refractivity contribution in [3.8, 4) is 0 Å². The topological polar surface area (TPSA) is 75.6 Å². The summed E-state index contributed by atoms with van der Waals surface area (Å²) in [4.78, 5) is 24.0. The Morgan fingerprint density at radius 2 is 1.75 bits per heavy atom. The monoisotopic (exact) mass is 355 g/mol. The second-order valence-corrected chi connectivity index (χ2v) is 7.03. The van der Waals surface area contributed by atoms with Gasteiger partial charge in [-0.25, -0.2) is 9.59 Å². The van der Waals surface area contributed by atoms with Crippen molar-refractivity contribution in [2.75, 3.05) is 11.9 Å². The third-order valence-corrected chi connectivity index (χ3v) is 4.85. The van der Waals surface area contributed by atoms with E-state index >= 15 is 0 Å². The molecular formula is C18H29NO4S. The molecule has 6 heteroatoms. The van der Waals surface area contributed by atoms with Gasteiger partial charge in [0, 0.05) is 4.88 Å². The average Bonchev–Trinajstić information content (AvgIpc) is 2.94. The van der Waals surface area contributed by atoms with Crippen LogP contribution in [-0.2, 0) is 11.2 Å². The number of hydrogen-bond acceptors (Lipinski definition) is 4. The fourth-order valence-corrected chi connectivity index (χ4v) is 3.41. The van der Waals surface area contributed by atoms with E-state index < -0.39 is 12.1 Å². The molecule has 24 heavy (non-hydrogen) atoms. The first-order valence-electron chi connectivity index (χ1n) is 8.88. The zero-order valence-corrected chi connectivity index (χ0v) is 15.5. The standard InChI is InChI=1S/C18H29NO4S/c1-3-5-7-8-9-10-11-14-13-15(17(20)21)16(24-14)19-18(22)23-12-6-4-2/h13H,3-12H2,1-2H3,(H,19,22)(H,20,21). The summed E-state index contributed by atoms with van der Waals surface area (Å²) in [6, 6.07) is 1.67. The number of ether oxygens (including phenoxy) is 1. The molecule has 0 spiro atoms. The number of unbranched alkanes of at least 4 members (excludes halogenated alkanes) is 6. The number of thiophene rings is 1. The Morgan fingerprint density at radius 3 is 2.42 bits per heavy atom. The lowest BCUT2D eigenvalue weighted by Gasteiger charge is -2.05. The van der Waals surface area contributed by atoms with Crippen molar-refractivity contribution in [2.45, 2.75) is 71.6 Å². The fourth-order valence-electron chi connectivity index (χ4n) is 2.33. The minimum absolute atomic E-state index is 0.147. The van der Waals surface area contributed by atoms with Crippen molar-refractivity contribution in [3.63, 3.8) is 0 Å². The quantitative estimate of drug-likeness (QED) is 0.472. The molecule has 0 bridgehead atoms. The van der Waals surface area contributed by atoms with Gasteiger partial charge in [0.15, 0.2) is 0 Å². The van der Waals surface area contributed by atoms with Crippen molar-refractivity contribution in [1.82, 2.24) is 0 Å². The number of amides is 1. The smallest absolute Gasteiger partial charge is 0.412 e. The van der Waals surface area contributed by atoms with Gasteiger partial charge in [-0.3, -0.25) is 5.32 Å². The lowest BCUT2D eigenvalue weighted by molar-refractivity contribution is 0.0698. The molecule has 0 unspecified atom stereocenters. The van der Waals surface area contributed by atoms with Gasteiger partial charge in [0.05, 0.1) is 12.2 Å². The van der Waals surface area contributed by atoms with Crippen molar-refractivity contribution in [2.24, 2.45) is 0 Å². The number of hydrogen-bond donors (Lipinski definition) is 2. The first-order chi connectivity index (χ1) is 11.6. The summed E-state index contributed by atoms with van der Waals surface area (Å²) in [6.45, 7) is 4.55. The van der Waals surface area contributed by atoms with Gasteiger partial charge in [0.1, 0.15) is 5.00 Å². The molecule has 1 heterocycles. The predicted molar refractivity (Wildman–Crippen MR) is 98.2 cm³/mol. The zero-order valence-electron chi connectivity index (χ0n) is 14.7. The Kier molecular flexibility index (Phi) is 10.2. The highest BCUT2D eigenvalue weighted by molar-refractivity contribution is 7.16. The molecular weight excluding hydrogens is 326 g/mol. The number of aryl methyl sites for hydroxylation is 1. The zero-order chi connectivity index (χ0) is 17.8. The van der Waals surface area contributed by atoms with Crippen molar-refractivity contribution < 1.29 is 19.4 Å². The molecule has 0 aromatic carbocycles. The van der Waals surface area contributed by atoms with Gasteiger partial charge >= 0.3 is 12.1 Å². The normalized spacial score (nSPS) is 10.6. The highest BCUT2D eigenvalue weighted by Gasteiger charge is 2.17. The van der Waals surface area contributed by atoms with Crippen LogP contribution in [0.3, 0.4) is 0 Å². The summed E-state index contributed by atoms with van der Waals surface area (Å²) >= 11 is 1.33. The van der Waals surface area contributed by atoms with E-state index in [1.165, 1.54) is 37.0 Å². The molecule has 136 valence electrons. The van der Waals surface area contributed by atoms with E-state index in [1.807, 2.05) is 6.92 Å². The minimum Gasteiger partial charge on any atom is -0.478 e. The van der Waals surface area contributed by atoms with Crippen LogP contribution in [0.1, 0.15) is 80.4 Å². The van der Waals surface area contributed by atoms with Crippen LogP contribution in [0.15, 0.2) is 6.07 Å². The molecule has 5 nitrogen and oxygen atoms in total. The van der Waals surface area contributed by atoms with Gasteiger partial charge in [-0.2, -0.15) is 0 Å². The third kappa shape index (κ3) is 7.81. The number of carboxylic acid groups (broad SMARTS) is 1. The first kappa shape index (κ1) is 20.5. The molecule has 1 amide bonds. The van der Waals surface area contributed by atoms with Crippen LogP contribution >= 0.6 is 11.3 Å². The van der Waals surface area contributed by atoms with E-state index in [9.17, 15) is 14.7 Å². The van der Waals surface area contributed by atoms with Crippen LogP contribution < -0.4 is 5.32 Å². The van der Waals surface area contributed by atoms with Crippen LogP contribution in [-0.4, -0.2) is 23.8 Å². The SMILES string of the molecule is CCCCCCCCc1cc(C(=O)O)c(NC(=O)OCCCC)s1. The van der Waals surface area contributed by atoms with Gasteiger partial charge in [-0.1, -0.05) is 52.4 Å². The van der Waals surface area contributed by atoms with Crippen LogP contribution in [0.5, 0.6) is 0 Å². The van der Waals surface area contributed by atoms with E-state index in [4.69, 9.17) is 4.74 Å². The number of carbonyl (C=O) groups is 2. The lowest BCUT2D eigenvalue weighted by atomic mass is 10.1. The lowest BCUT2D eigenvalue weighted by Crippen LogP contribution is -2.15. The summed E-state index contributed by atoms with van der Waals surface area (Å²) in [7, 11) is 0. The van der Waals surface area contributed by atoms with Crippen LogP contribution in [0.25, 0.3) is 0 Å². The molecule has 0 radical (unpaired) electrons. The molecule has 0 aliphatic heterocycles. The van der Waals surface area contributed by atoms with Gasteiger partial charge in [-0.05, 0) is 25.3 Å². The second-order valence-electron chi connectivity index (χ2n) is 5.89. The van der Waals surface area contributed by atoms with Gasteiger partial charge < -0.3 is 9.84 Å². The second kappa shape index (κ2) is 11.9. The van der Waals surface area contributed by atoms with E-state index in [2.05, 4.69) is 12.2 Å². The van der Waals surface area contributed by atoms with E-state index in [0.29, 0.717) is 11.6 Å². The molecule has 1 rings (SSSR count). The maximum Gasteiger partial charge on any atom is 0.412 e. The molecule has 0 atom stereocenters.